The van der Waals surface area contributed by atoms with Gasteiger partial charge in [-0.2, -0.15) is 13.2 Å². The molecule has 0 aromatic carbocycles. The molecule has 2 aliphatic heterocycles. The predicted octanol–water partition coefficient (Wildman–Crippen LogP) is 6.25. The highest BCUT2D eigenvalue weighted by Gasteiger charge is 2.40. The molecule has 1 saturated heterocycles. The molecule has 9 heteroatoms. The molecule has 1 amide bonds. The largest absolute Gasteiger partial charge is 0.472 e. The van der Waals surface area contributed by atoms with Gasteiger partial charge in [-0.3, -0.25) is 9.79 Å². The van der Waals surface area contributed by atoms with E-state index in [4.69, 9.17) is 16.0 Å². The Balaban J connectivity index is 1.89. The number of furan rings is 1. The van der Waals surface area contributed by atoms with Crippen LogP contribution in [0.2, 0.25) is 0 Å². The number of hydrogen-bond donors (Lipinski definition) is 0. The zero-order chi connectivity index (χ0) is 24.3. The van der Waals surface area contributed by atoms with Crippen molar-refractivity contribution in [3.63, 3.8) is 0 Å². The van der Waals surface area contributed by atoms with Crippen LogP contribution in [0.25, 0.3) is 5.57 Å². The molecule has 3 rings (SSSR count). The van der Waals surface area contributed by atoms with Gasteiger partial charge < -0.3 is 14.2 Å². The molecular formula is C24H25ClF3N3O2. The Hall–Kier alpha value is -3.00. The van der Waals surface area contributed by atoms with Crippen LogP contribution >= 0.6 is 11.6 Å². The van der Waals surface area contributed by atoms with Crippen molar-refractivity contribution in [3.8, 4) is 0 Å². The number of likely N-dealkylation sites (tertiary alicyclic amines) is 1. The molecule has 0 radical (unpaired) electrons. The number of alkyl halides is 3. The number of carbonyl (C=O) groups excluding carboxylic acids is 1. The van der Waals surface area contributed by atoms with Crippen molar-refractivity contribution in [2.45, 2.75) is 33.4 Å². The summed E-state index contributed by atoms with van der Waals surface area (Å²) in [6, 6.07) is 1.54. The van der Waals surface area contributed by atoms with Crippen LogP contribution in [0.4, 0.5) is 13.2 Å². The fraction of sp³-hybridized carbons (Fsp3) is 0.333. The minimum absolute atomic E-state index is 0.119. The second-order valence-corrected chi connectivity index (χ2v) is 8.23. The molecule has 1 atom stereocenters. The SMILES string of the molecule is C=C1C(C(F)(F)F)=CC(c2ccoc2)=CN1/C(Cl)=C(\C)C(=O)N1CCC(C(C)=N/C=C\C)C1. The van der Waals surface area contributed by atoms with Crippen LogP contribution in [0.1, 0.15) is 32.8 Å². The van der Waals surface area contributed by atoms with E-state index < -0.39 is 11.7 Å². The highest BCUT2D eigenvalue weighted by Crippen LogP contribution is 2.41. The van der Waals surface area contributed by atoms with Gasteiger partial charge in [0.15, 0.2) is 0 Å². The van der Waals surface area contributed by atoms with Crippen LogP contribution in [0.15, 0.2) is 81.1 Å². The van der Waals surface area contributed by atoms with Crippen LogP contribution in [-0.2, 0) is 4.79 Å². The van der Waals surface area contributed by atoms with E-state index >= 15 is 0 Å². The normalized spacial score (nSPS) is 20.9. The van der Waals surface area contributed by atoms with Crippen molar-refractivity contribution in [3.05, 3.63) is 77.3 Å². The number of nitrogens with zero attached hydrogens (tertiary/aromatic N) is 3. The number of allylic oxidation sites excluding steroid dienone is 4. The lowest BCUT2D eigenvalue weighted by atomic mass is 10.0. The molecular weight excluding hydrogens is 455 g/mol. The first-order valence-corrected chi connectivity index (χ1v) is 10.7. The molecule has 1 aromatic rings. The molecule has 0 bridgehead atoms. The van der Waals surface area contributed by atoms with Crippen molar-refractivity contribution in [1.29, 1.82) is 0 Å². The molecule has 2 aliphatic rings. The average molecular weight is 480 g/mol. The van der Waals surface area contributed by atoms with Crippen molar-refractivity contribution >= 4 is 28.8 Å². The Morgan fingerprint density at radius 1 is 1.36 bits per heavy atom. The van der Waals surface area contributed by atoms with Crippen LogP contribution in [-0.4, -0.2) is 40.7 Å². The molecule has 0 N–H and O–H groups in total. The predicted molar refractivity (Wildman–Crippen MR) is 123 cm³/mol. The fourth-order valence-corrected chi connectivity index (χ4v) is 3.95. The van der Waals surface area contributed by atoms with Gasteiger partial charge in [0.25, 0.3) is 5.91 Å². The standard InChI is InChI=1S/C24H25ClF3N3O2/c1-5-8-29-16(3)18-6-9-30(12-18)23(32)15(2)22(25)31-13-20(19-7-10-33-14-19)11-21(17(31)4)24(26,27)28/h5,7-8,10-11,13-14,18H,4,6,9,12H2,1-3H3/b8-5-,22-15+,29-16?. The van der Waals surface area contributed by atoms with Crippen molar-refractivity contribution in [2.75, 3.05) is 13.1 Å². The summed E-state index contributed by atoms with van der Waals surface area (Å²) in [5, 5.41) is -0.136. The Bertz CT molecular complexity index is 1080. The maximum atomic E-state index is 13.7. The van der Waals surface area contributed by atoms with E-state index in [9.17, 15) is 18.0 Å². The first kappa shape index (κ1) is 24.6. The van der Waals surface area contributed by atoms with Gasteiger partial charge >= 0.3 is 6.18 Å². The van der Waals surface area contributed by atoms with Gasteiger partial charge in [0, 0.05) is 53.8 Å². The van der Waals surface area contributed by atoms with Gasteiger partial charge in [-0.15, -0.1) is 0 Å². The Morgan fingerprint density at radius 3 is 2.70 bits per heavy atom. The van der Waals surface area contributed by atoms with E-state index in [1.54, 1.807) is 17.2 Å². The first-order valence-electron chi connectivity index (χ1n) is 10.4. The van der Waals surface area contributed by atoms with Gasteiger partial charge in [0.1, 0.15) is 5.16 Å². The van der Waals surface area contributed by atoms with E-state index in [0.717, 1.165) is 23.1 Å². The molecule has 0 saturated carbocycles. The summed E-state index contributed by atoms with van der Waals surface area (Å²) in [6.45, 7) is 9.86. The summed E-state index contributed by atoms with van der Waals surface area (Å²) >= 11 is 6.49. The summed E-state index contributed by atoms with van der Waals surface area (Å²) in [7, 11) is 0. The van der Waals surface area contributed by atoms with Gasteiger partial charge in [0.05, 0.1) is 23.8 Å². The Labute approximate surface area is 195 Å². The zero-order valence-corrected chi connectivity index (χ0v) is 19.4. The topological polar surface area (TPSA) is 49.1 Å². The number of hydrogen-bond acceptors (Lipinski definition) is 4. The monoisotopic (exact) mass is 479 g/mol. The number of halogens is 4. The minimum atomic E-state index is -4.65. The van der Waals surface area contributed by atoms with Crippen molar-refractivity contribution in [1.82, 2.24) is 9.80 Å². The lowest BCUT2D eigenvalue weighted by Gasteiger charge is -2.31. The number of aliphatic imine (C=N–C) groups is 1. The molecule has 176 valence electrons. The molecule has 0 spiro atoms. The van der Waals surface area contributed by atoms with Crippen LogP contribution < -0.4 is 0 Å². The molecule has 1 unspecified atom stereocenters. The van der Waals surface area contributed by atoms with Gasteiger partial charge in [-0.1, -0.05) is 24.3 Å². The molecule has 0 aliphatic carbocycles. The zero-order valence-electron chi connectivity index (χ0n) is 18.6. The first-order chi connectivity index (χ1) is 15.5. The number of rotatable bonds is 5. The Morgan fingerprint density at radius 2 is 2.09 bits per heavy atom. The lowest BCUT2D eigenvalue weighted by Crippen LogP contribution is -2.32. The Kier molecular flexibility index (Phi) is 7.37. The summed E-state index contributed by atoms with van der Waals surface area (Å²) < 4.78 is 46.1. The molecule has 1 aromatic heterocycles. The van der Waals surface area contributed by atoms with Gasteiger partial charge in [0.2, 0.25) is 0 Å². The highest BCUT2D eigenvalue weighted by atomic mass is 35.5. The van der Waals surface area contributed by atoms with E-state index in [0.29, 0.717) is 18.7 Å². The highest BCUT2D eigenvalue weighted by molar-refractivity contribution is 6.31. The molecule has 33 heavy (non-hydrogen) atoms. The quantitative estimate of drug-likeness (QED) is 0.285. The number of carbonyl (C=O) groups is 1. The maximum absolute atomic E-state index is 13.7. The van der Waals surface area contributed by atoms with E-state index in [1.165, 1.54) is 25.7 Å². The molecule has 1 fully saturated rings. The summed E-state index contributed by atoms with van der Waals surface area (Å²) in [6.07, 6.45) is 4.74. The molecule has 5 nitrogen and oxygen atoms in total. The van der Waals surface area contributed by atoms with E-state index in [2.05, 4.69) is 11.6 Å². The van der Waals surface area contributed by atoms with E-state index in [1.807, 2.05) is 19.9 Å². The fourth-order valence-electron chi connectivity index (χ4n) is 3.72. The maximum Gasteiger partial charge on any atom is 0.418 e. The van der Waals surface area contributed by atoms with Crippen LogP contribution in [0.5, 0.6) is 0 Å². The van der Waals surface area contributed by atoms with Crippen LogP contribution in [0, 0.1) is 5.92 Å². The van der Waals surface area contributed by atoms with E-state index in [-0.39, 0.29) is 33.8 Å². The number of amides is 1. The van der Waals surface area contributed by atoms with Crippen LogP contribution in [0.3, 0.4) is 0 Å². The van der Waals surface area contributed by atoms with Gasteiger partial charge in [-0.25, -0.2) is 0 Å². The summed E-state index contributed by atoms with van der Waals surface area (Å²) in [5.41, 5.74) is 0.429. The minimum Gasteiger partial charge on any atom is -0.472 e. The average Bonchev–Trinajstić information content (AvgIpc) is 3.47. The second kappa shape index (κ2) is 9.87. The summed E-state index contributed by atoms with van der Waals surface area (Å²) in [4.78, 5) is 20.2. The third-order valence-corrected chi connectivity index (χ3v) is 6.13. The van der Waals surface area contributed by atoms with Crippen molar-refractivity contribution in [2.24, 2.45) is 10.9 Å². The third-order valence-electron chi connectivity index (χ3n) is 5.66. The van der Waals surface area contributed by atoms with Gasteiger partial charge in [-0.05, 0) is 39.3 Å². The third kappa shape index (κ3) is 5.33. The second-order valence-electron chi connectivity index (χ2n) is 7.87. The smallest absolute Gasteiger partial charge is 0.418 e. The molecule has 3 heterocycles. The lowest BCUT2D eigenvalue weighted by molar-refractivity contribution is -0.126. The summed E-state index contributed by atoms with van der Waals surface area (Å²) in [5.74, 6) is -0.218. The van der Waals surface area contributed by atoms with Crippen molar-refractivity contribution < 1.29 is 22.4 Å².